The predicted molar refractivity (Wildman–Crippen MR) is 109 cm³/mol. The molecule has 0 atom stereocenters. The van der Waals surface area contributed by atoms with Gasteiger partial charge in [0.2, 0.25) is 0 Å². The molecule has 0 heterocycles. The molecule has 0 N–H and O–H groups in total. The summed E-state index contributed by atoms with van der Waals surface area (Å²) in [6, 6.07) is 28.7. The largest absolute Gasteiger partial charge is 0.378 e. The zero-order valence-corrected chi connectivity index (χ0v) is 16.0. The molecule has 24 heavy (non-hydrogen) atoms. The summed E-state index contributed by atoms with van der Waals surface area (Å²) >= 11 is 0. The smallest absolute Gasteiger partial charge is 0.112 e. The van der Waals surface area contributed by atoms with Crippen LogP contribution in [-0.2, 0) is 0 Å². The predicted octanol–water partition coefficient (Wildman–Crippen LogP) is 4.24. The van der Waals surface area contributed by atoms with Crippen molar-refractivity contribution in [3.63, 3.8) is 0 Å². The highest BCUT2D eigenvalue weighted by atomic mass is 28.3. The molecule has 1 nitrogen and oxygen atoms in total. The molecule has 0 saturated carbocycles. The van der Waals surface area contributed by atoms with E-state index >= 15 is 0 Å². The van der Waals surface area contributed by atoms with Crippen molar-refractivity contribution >= 4 is 24.1 Å². The lowest BCUT2D eigenvalue weighted by Gasteiger charge is -2.25. The zero-order valence-electron chi connectivity index (χ0n) is 15.0. The van der Waals surface area contributed by atoms with Crippen LogP contribution in [0.25, 0.3) is 11.1 Å². The van der Waals surface area contributed by atoms with Crippen molar-refractivity contribution in [3.8, 4) is 11.1 Å². The zero-order chi connectivity index (χ0) is 17.2. The third-order valence-corrected chi connectivity index (χ3v) is 8.33. The van der Waals surface area contributed by atoms with Gasteiger partial charge in [-0.15, -0.1) is 0 Å². The van der Waals surface area contributed by atoms with E-state index in [-0.39, 0.29) is 0 Å². The molecule has 122 valence electrons. The summed E-state index contributed by atoms with van der Waals surface area (Å²) in [6.07, 6.45) is 0. The minimum Gasteiger partial charge on any atom is -0.378 e. The monoisotopic (exact) mass is 331 g/mol. The summed E-state index contributed by atoms with van der Waals surface area (Å²) in [4.78, 5) is 2.17. The molecule has 0 aromatic heterocycles. The summed E-state index contributed by atoms with van der Waals surface area (Å²) in [7, 11) is 2.52. The van der Waals surface area contributed by atoms with Crippen LogP contribution in [0.2, 0.25) is 13.1 Å². The van der Waals surface area contributed by atoms with Crippen molar-refractivity contribution in [2.45, 2.75) is 13.1 Å². The second-order valence-corrected chi connectivity index (χ2v) is 11.4. The lowest BCUT2D eigenvalue weighted by molar-refractivity contribution is 1.13. The van der Waals surface area contributed by atoms with Gasteiger partial charge >= 0.3 is 0 Å². The van der Waals surface area contributed by atoms with E-state index in [1.54, 1.807) is 0 Å². The van der Waals surface area contributed by atoms with E-state index in [1.807, 2.05) is 0 Å². The maximum Gasteiger partial charge on any atom is 0.112 e. The van der Waals surface area contributed by atoms with Gasteiger partial charge < -0.3 is 4.90 Å². The van der Waals surface area contributed by atoms with Crippen LogP contribution in [0.5, 0.6) is 0 Å². The Labute approximate surface area is 146 Å². The first-order valence-corrected chi connectivity index (χ1v) is 11.4. The van der Waals surface area contributed by atoms with E-state index < -0.39 is 8.07 Å². The minimum absolute atomic E-state index is 1.27. The molecule has 0 amide bonds. The van der Waals surface area contributed by atoms with Gasteiger partial charge in [-0.25, -0.2) is 0 Å². The summed E-state index contributed by atoms with van der Waals surface area (Å²) in [5.41, 5.74) is 3.83. The summed E-state index contributed by atoms with van der Waals surface area (Å²) in [6.45, 7) is 4.86. The fourth-order valence-corrected chi connectivity index (χ4v) is 5.40. The van der Waals surface area contributed by atoms with Gasteiger partial charge in [-0.2, -0.15) is 0 Å². The number of anilines is 1. The molecule has 0 unspecified atom stereocenters. The highest BCUT2D eigenvalue weighted by Gasteiger charge is 2.26. The van der Waals surface area contributed by atoms with Crippen LogP contribution in [0.4, 0.5) is 5.69 Å². The lowest BCUT2D eigenvalue weighted by Crippen LogP contribution is -2.52. The van der Waals surface area contributed by atoms with Crippen LogP contribution < -0.4 is 15.3 Å². The number of hydrogen-bond donors (Lipinski definition) is 0. The molecule has 2 heteroatoms. The Hall–Kier alpha value is -2.32. The van der Waals surface area contributed by atoms with E-state index in [0.29, 0.717) is 0 Å². The van der Waals surface area contributed by atoms with Crippen molar-refractivity contribution < 1.29 is 0 Å². The van der Waals surface area contributed by atoms with Gasteiger partial charge in [0.05, 0.1) is 0 Å². The topological polar surface area (TPSA) is 3.24 Å². The fourth-order valence-electron chi connectivity index (χ4n) is 3.05. The third kappa shape index (κ3) is 3.29. The van der Waals surface area contributed by atoms with Crippen molar-refractivity contribution in [3.05, 3.63) is 78.9 Å². The highest BCUT2D eigenvalue weighted by molar-refractivity contribution is 7.00. The molecule has 0 aliphatic heterocycles. The molecule has 3 rings (SSSR count). The van der Waals surface area contributed by atoms with Crippen LogP contribution in [0.15, 0.2) is 78.9 Å². The summed E-state index contributed by atoms with van der Waals surface area (Å²) in [5.74, 6) is 0. The molecule has 0 saturated heterocycles. The third-order valence-electron chi connectivity index (χ3n) is 4.80. The molecule has 3 aromatic rings. The van der Waals surface area contributed by atoms with Gasteiger partial charge in [0.1, 0.15) is 8.07 Å². The lowest BCUT2D eigenvalue weighted by atomic mass is 10.1. The number of rotatable bonds is 4. The van der Waals surface area contributed by atoms with Gasteiger partial charge in [0.25, 0.3) is 0 Å². The van der Waals surface area contributed by atoms with Gasteiger partial charge in [-0.3, -0.25) is 0 Å². The Kier molecular flexibility index (Phi) is 4.59. The van der Waals surface area contributed by atoms with Crippen LogP contribution in [-0.4, -0.2) is 22.2 Å². The summed E-state index contributed by atoms with van der Waals surface area (Å²) in [5, 5.41) is 2.94. The van der Waals surface area contributed by atoms with E-state index in [1.165, 1.54) is 27.2 Å². The quantitative estimate of drug-likeness (QED) is 0.646. The van der Waals surface area contributed by atoms with E-state index in [4.69, 9.17) is 0 Å². The molecule has 0 aliphatic carbocycles. The Morgan fingerprint density at radius 1 is 0.625 bits per heavy atom. The van der Waals surface area contributed by atoms with E-state index in [9.17, 15) is 0 Å². The Bertz CT molecular complexity index is 805. The van der Waals surface area contributed by atoms with E-state index in [0.717, 1.165) is 0 Å². The van der Waals surface area contributed by atoms with Gasteiger partial charge in [-0.1, -0.05) is 90.2 Å². The highest BCUT2D eigenvalue weighted by Crippen LogP contribution is 2.19. The second-order valence-electron chi connectivity index (χ2n) is 7.01. The molecule has 0 radical (unpaired) electrons. The first-order valence-electron chi connectivity index (χ1n) is 8.42. The average molecular weight is 332 g/mol. The molecule has 0 aliphatic rings. The first-order chi connectivity index (χ1) is 11.5. The van der Waals surface area contributed by atoms with Crippen molar-refractivity contribution in [2.24, 2.45) is 0 Å². The van der Waals surface area contributed by atoms with Crippen LogP contribution in [0, 0.1) is 0 Å². The molecule has 0 fully saturated rings. The average Bonchev–Trinajstić information content (AvgIpc) is 2.62. The number of nitrogens with zero attached hydrogens (tertiary/aromatic N) is 1. The molecular weight excluding hydrogens is 306 g/mol. The van der Waals surface area contributed by atoms with E-state index in [2.05, 4.69) is 111 Å². The molecular formula is C22H25NSi. The second kappa shape index (κ2) is 6.66. The fraction of sp³-hybridized carbons (Fsp3) is 0.182. The minimum atomic E-state index is -1.68. The molecule has 3 aromatic carbocycles. The standard InChI is InChI=1S/C22H25NSi/c1-23(2)20-11-8-12-22(17-20)24(3,4)21-15-13-19(14-16-21)18-9-6-5-7-10-18/h5-17H,1-4H3. The number of benzene rings is 3. The Morgan fingerprint density at radius 2 is 1.25 bits per heavy atom. The molecule has 0 spiro atoms. The Morgan fingerprint density at radius 3 is 1.88 bits per heavy atom. The maximum atomic E-state index is 2.43. The van der Waals surface area contributed by atoms with Gasteiger partial charge in [0, 0.05) is 19.8 Å². The SMILES string of the molecule is CN(C)c1cccc([Si](C)(C)c2ccc(-c3ccccc3)cc2)c1. The normalized spacial score (nSPS) is 11.3. The van der Waals surface area contributed by atoms with Crippen LogP contribution >= 0.6 is 0 Å². The maximum absolute atomic E-state index is 2.43. The Balaban J connectivity index is 1.94. The van der Waals surface area contributed by atoms with Crippen molar-refractivity contribution in [1.82, 2.24) is 0 Å². The van der Waals surface area contributed by atoms with Crippen molar-refractivity contribution in [1.29, 1.82) is 0 Å². The van der Waals surface area contributed by atoms with Crippen LogP contribution in [0.3, 0.4) is 0 Å². The first kappa shape index (κ1) is 16.5. The van der Waals surface area contributed by atoms with Gasteiger partial charge in [-0.05, 0) is 23.3 Å². The van der Waals surface area contributed by atoms with Gasteiger partial charge in [0.15, 0.2) is 0 Å². The summed E-state index contributed by atoms with van der Waals surface area (Å²) < 4.78 is 0. The van der Waals surface area contributed by atoms with Crippen LogP contribution in [0.1, 0.15) is 0 Å². The number of hydrogen-bond acceptors (Lipinski definition) is 1. The molecule has 0 bridgehead atoms. The van der Waals surface area contributed by atoms with Crippen molar-refractivity contribution in [2.75, 3.05) is 19.0 Å².